The number of hydrogen-bond acceptors (Lipinski definition) is 2. The molecule has 0 radical (unpaired) electrons. The molecule has 0 heterocycles. The molecule has 0 aliphatic heterocycles. The Morgan fingerprint density at radius 2 is 1.62 bits per heavy atom. The van der Waals surface area contributed by atoms with Crippen molar-refractivity contribution in [2.24, 2.45) is 0 Å². The largest absolute Gasteiger partial charge is 0.496 e. The number of ether oxygens (including phenoxy) is 2. The van der Waals surface area contributed by atoms with Gasteiger partial charge in [0.1, 0.15) is 18.1 Å². The number of benzene rings is 2. The zero-order valence-electron chi connectivity index (χ0n) is 14.3. The lowest BCUT2D eigenvalue weighted by molar-refractivity contribution is 0.364. The van der Waals surface area contributed by atoms with Gasteiger partial charge in [-0.15, -0.1) is 13.2 Å². The van der Waals surface area contributed by atoms with Crippen molar-refractivity contribution in [1.82, 2.24) is 0 Å². The number of methoxy groups -OCH3 is 1. The lowest BCUT2D eigenvalue weighted by Crippen LogP contribution is -1.97. The molecule has 124 valence electrons. The SMILES string of the molecule is C=CCOc1ccc(CC=C)cc1-c1ccc(OC)c(CC=C)c1. The monoisotopic (exact) mass is 320 g/mol. The van der Waals surface area contributed by atoms with Gasteiger partial charge in [-0.2, -0.15) is 0 Å². The van der Waals surface area contributed by atoms with Crippen molar-refractivity contribution in [3.63, 3.8) is 0 Å². The second kappa shape index (κ2) is 8.78. The zero-order valence-corrected chi connectivity index (χ0v) is 14.3. The lowest BCUT2D eigenvalue weighted by atomic mass is 9.97. The van der Waals surface area contributed by atoms with Gasteiger partial charge in [0.2, 0.25) is 0 Å². The van der Waals surface area contributed by atoms with Crippen LogP contribution >= 0.6 is 0 Å². The molecule has 0 saturated carbocycles. The molecular formula is C22H24O2. The molecule has 0 unspecified atom stereocenters. The van der Waals surface area contributed by atoms with E-state index in [0.717, 1.165) is 41.0 Å². The van der Waals surface area contributed by atoms with Crippen LogP contribution in [0, 0.1) is 0 Å². The molecule has 0 atom stereocenters. The van der Waals surface area contributed by atoms with Crippen molar-refractivity contribution in [2.75, 3.05) is 13.7 Å². The summed E-state index contributed by atoms with van der Waals surface area (Å²) < 4.78 is 11.3. The predicted molar refractivity (Wildman–Crippen MR) is 102 cm³/mol. The molecule has 2 heteroatoms. The molecule has 2 rings (SSSR count). The highest BCUT2D eigenvalue weighted by molar-refractivity contribution is 5.73. The van der Waals surface area contributed by atoms with Crippen molar-refractivity contribution in [3.8, 4) is 22.6 Å². The van der Waals surface area contributed by atoms with Gasteiger partial charge in [-0.05, 0) is 53.8 Å². The smallest absolute Gasteiger partial charge is 0.127 e. The minimum Gasteiger partial charge on any atom is -0.496 e. The summed E-state index contributed by atoms with van der Waals surface area (Å²) in [5.74, 6) is 1.71. The molecule has 24 heavy (non-hydrogen) atoms. The van der Waals surface area contributed by atoms with Gasteiger partial charge >= 0.3 is 0 Å². The van der Waals surface area contributed by atoms with Crippen LogP contribution in [-0.4, -0.2) is 13.7 Å². The van der Waals surface area contributed by atoms with Crippen LogP contribution in [0.3, 0.4) is 0 Å². The molecule has 0 N–H and O–H groups in total. The lowest BCUT2D eigenvalue weighted by Gasteiger charge is -2.14. The fourth-order valence-electron chi connectivity index (χ4n) is 2.63. The normalized spacial score (nSPS) is 10.0. The maximum Gasteiger partial charge on any atom is 0.127 e. The first-order chi connectivity index (χ1) is 11.7. The van der Waals surface area contributed by atoms with Crippen LogP contribution in [0.1, 0.15) is 11.1 Å². The molecular weight excluding hydrogens is 296 g/mol. The summed E-state index contributed by atoms with van der Waals surface area (Å²) in [5.41, 5.74) is 4.46. The summed E-state index contributed by atoms with van der Waals surface area (Å²) in [5, 5.41) is 0. The second-order valence-corrected chi connectivity index (χ2v) is 5.44. The van der Waals surface area contributed by atoms with Crippen LogP contribution in [0.15, 0.2) is 74.4 Å². The van der Waals surface area contributed by atoms with E-state index >= 15 is 0 Å². The maximum atomic E-state index is 5.83. The number of hydrogen-bond donors (Lipinski definition) is 0. The van der Waals surface area contributed by atoms with Crippen molar-refractivity contribution < 1.29 is 9.47 Å². The number of rotatable bonds is 9. The Labute approximate surface area is 144 Å². The van der Waals surface area contributed by atoms with Crippen LogP contribution in [0.25, 0.3) is 11.1 Å². The van der Waals surface area contributed by atoms with Crippen LogP contribution in [-0.2, 0) is 12.8 Å². The average molecular weight is 320 g/mol. The minimum absolute atomic E-state index is 0.476. The molecule has 0 amide bonds. The Bertz CT molecular complexity index is 729. The highest BCUT2D eigenvalue weighted by atomic mass is 16.5. The van der Waals surface area contributed by atoms with Crippen molar-refractivity contribution in [2.45, 2.75) is 12.8 Å². The van der Waals surface area contributed by atoms with Gasteiger partial charge in [-0.25, -0.2) is 0 Å². The van der Waals surface area contributed by atoms with Gasteiger partial charge in [-0.3, -0.25) is 0 Å². The van der Waals surface area contributed by atoms with Crippen LogP contribution in [0.4, 0.5) is 0 Å². The summed E-state index contributed by atoms with van der Waals surface area (Å²) in [4.78, 5) is 0. The molecule has 0 spiro atoms. The van der Waals surface area contributed by atoms with Gasteiger partial charge < -0.3 is 9.47 Å². The second-order valence-electron chi connectivity index (χ2n) is 5.44. The van der Waals surface area contributed by atoms with Crippen molar-refractivity contribution in [1.29, 1.82) is 0 Å². The fraction of sp³-hybridized carbons (Fsp3) is 0.182. The van der Waals surface area contributed by atoms with Crippen LogP contribution in [0.5, 0.6) is 11.5 Å². The van der Waals surface area contributed by atoms with Gasteiger partial charge in [0.25, 0.3) is 0 Å². The molecule has 0 aliphatic carbocycles. The zero-order chi connectivity index (χ0) is 17.4. The Kier molecular flexibility index (Phi) is 6.44. The Balaban J connectivity index is 2.52. The Hall–Kier alpha value is -2.74. The maximum absolute atomic E-state index is 5.83. The first-order valence-corrected chi connectivity index (χ1v) is 7.99. The topological polar surface area (TPSA) is 18.5 Å². The van der Waals surface area contributed by atoms with E-state index in [1.807, 2.05) is 24.3 Å². The molecule has 0 fully saturated rings. The van der Waals surface area contributed by atoms with E-state index in [1.165, 1.54) is 5.56 Å². The summed E-state index contributed by atoms with van der Waals surface area (Å²) in [7, 11) is 1.69. The van der Waals surface area contributed by atoms with Gasteiger partial charge in [0.15, 0.2) is 0 Å². The standard InChI is InChI=1S/C22H24O2/c1-5-8-17-10-12-22(24-14-7-3)20(15-17)18-11-13-21(23-4)19(16-18)9-6-2/h5-7,10-13,15-16H,1-3,8-9,14H2,4H3. The Morgan fingerprint density at radius 3 is 2.29 bits per heavy atom. The van der Waals surface area contributed by atoms with E-state index in [9.17, 15) is 0 Å². The first-order valence-electron chi connectivity index (χ1n) is 7.99. The third-order valence-corrected chi connectivity index (χ3v) is 3.74. The fourth-order valence-corrected chi connectivity index (χ4v) is 2.63. The summed E-state index contributed by atoms with van der Waals surface area (Å²) in [6.07, 6.45) is 7.11. The summed E-state index contributed by atoms with van der Waals surface area (Å²) in [6.45, 7) is 11.8. The van der Waals surface area contributed by atoms with Crippen molar-refractivity contribution in [3.05, 3.63) is 85.5 Å². The molecule has 0 bridgehead atoms. The van der Waals surface area contributed by atoms with E-state index < -0.39 is 0 Å². The van der Waals surface area contributed by atoms with E-state index in [2.05, 4.69) is 44.0 Å². The van der Waals surface area contributed by atoms with E-state index in [4.69, 9.17) is 9.47 Å². The number of allylic oxidation sites excluding steroid dienone is 2. The molecule has 0 aliphatic rings. The van der Waals surface area contributed by atoms with Gasteiger partial charge in [0.05, 0.1) is 7.11 Å². The highest BCUT2D eigenvalue weighted by Gasteiger charge is 2.10. The molecule has 2 aromatic carbocycles. The van der Waals surface area contributed by atoms with Crippen LogP contribution < -0.4 is 9.47 Å². The average Bonchev–Trinajstić information content (AvgIpc) is 2.61. The highest BCUT2D eigenvalue weighted by Crippen LogP contribution is 2.34. The van der Waals surface area contributed by atoms with Crippen LogP contribution in [0.2, 0.25) is 0 Å². The van der Waals surface area contributed by atoms with E-state index in [0.29, 0.717) is 6.61 Å². The first kappa shape index (κ1) is 17.6. The molecule has 0 saturated heterocycles. The third-order valence-electron chi connectivity index (χ3n) is 3.74. The Morgan fingerprint density at radius 1 is 0.875 bits per heavy atom. The predicted octanol–water partition coefficient (Wildman–Crippen LogP) is 5.38. The van der Waals surface area contributed by atoms with E-state index in [-0.39, 0.29) is 0 Å². The third kappa shape index (κ3) is 4.17. The van der Waals surface area contributed by atoms with E-state index in [1.54, 1.807) is 13.2 Å². The van der Waals surface area contributed by atoms with Gasteiger partial charge in [-0.1, -0.05) is 36.9 Å². The minimum atomic E-state index is 0.476. The molecule has 2 aromatic rings. The quantitative estimate of drug-likeness (QED) is 0.577. The van der Waals surface area contributed by atoms with Gasteiger partial charge in [0, 0.05) is 5.56 Å². The van der Waals surface area contributed by atoms with Crippen molar-refractivity contribution >= 4 is 0 Å². The summed E-state index contributed by atoms with van der Waals surface area (Å²) >= 11 is 0. The molecule has 2 nitrogen and oxygen atoms in total. The summed E-state index contributed by atoms with van der Waals surface area (Å²) in [6, 6.07) is 12.4. The molecule has 0 aromatic heterocycles.